The highest BCUT2D eigenvalue weighted by Gasteiger charge is 2.24. The molecule has 0 amide bonds. The van der Waals surface area contributed by atoms with Crippen LogP contribution in [0.1, 0.15) is 18.9 Å². The van der Waals surface area contributed by atoms with Gasteiger partial charge in [-0.2, -0.15) is 0 Å². The summed E-state index contributed by atoms with van der Waals surface area (Å²) >= 11 is 0. The Morgan fingerprint density at radius 2 is 2.05 bits per heavy atom. The van der Waals surface area contributed by atoms with Crippen LogP contribution in [0.4, 0.5) is 4.39 Å². The second-order valence-corrected chi connectivity index (χ2v) is 5.19. The van der Waals surface area contributed by atoms with Crippen molar-refractivity contribution in [3.05, 3.63) is 35.6 Å². The van der Waals surface area contributed by atoms with Gasteiger partial charge in [-0.25, -0.2) is 4.39 Å². The van der Waals surface area contributed by atoms with Crippen LogP contribution >= 0.6 is 0 Å². The van der Waals surface area contributed by atoms with Crippen molar-refractivity contribution in [1.29, 1.82) is 0 Å². The molecule has 1 saturated heterocycles. The van der Waals surface area contributed by atoms with Crippen molar-refractivity contribution in [2.45, 2.75) is 19.8 Å². The standard InChI is InChI=1S/C15H18FNO2/c1-11-9-17(7-6-15(11)19)10-14(18)8-12-2-4-13(16)5-3-12/h2-5,11H,6-10H2,1H3. The maximum absolute atomic E-state index is 12.8. The molecule has 0 spiro atoms. The minimum absolute atomic E-state index is 0.0207. The largest absolute Gasteiger partial charge is 0.299 e. The lowest BCUT2D eigenvalue weighted by molar-refractivity contribution is -0.128. The van der Waals surface area contributed by atoms with Gasteiger partial charge in [-0.1, -0.05) is 19.1 Å². The van der Waals surface area contributed by atoms with Gasteiger partial charge in [0.05, 0.1) is 6.54 Å². The lowest BCUT2D eigenvalue weighted by Gasteiger charge is -2.29. The molecule has 3 nitrogen and oxygen atoms in total. The third kappa shape index (κ3) is 3.96. The van der Waals surface area contributed by atoms with Crippen molar-refractivity contribution < 1.29 is 14.0 Å². The van der Waals surface area contributed by atoms with Crippen molar-refractivity contribution in [2.24, 2.45) is 5.92 Å². The molecule has 1 aliphatic heterocycles. The van der Waals surface area contributed by atoms with E-state index in [1.165, 1.54) is 12.1 Å². The molecule has 2 rings (SSSR count). The molecule has 0 saturated carbocycles. The van der Waals surface area contributed by atoms with E-state index >= 15 is 0 Å². The Morgan fingerprint density at radius 3 is 2.68 bits per heavy atom. The third-order valence-corrected chi connectivity index (χ3v) is 3.47. The number of ketones is 2. The van der Waals surface area contributed by atoms with Gasteiger partial charge in [0, 0.05) is 31.8 Å². The highest BCUT2D eigenvalue weighted by Crippen LogP contribution is 2.12. The van der Waals surface area contributed by atoms with Crippen LogP contribution in [0, 0.1) is 11.7 Å². The molecule has 4 heteroatoms. The second kappa shape index (κ2) is 6.06. The maximum atomic E-state index is 12.8. The van der Waals surface area contributed by atoms with E-state index in [1.807, 2.05) is 11.8 Å². The Labute approximate surface area is 112 Å². The van der Waals surface area contributed by atoms with Crippen LogP contribution in [0.25, 0.3) is 0 Å². The number of halogens is 1. The Bertz CT molecular complexity index is 470. The average Bonchev–Trinajstić information content (AvgIpc) is 2.37. The van der Waals surface area contributed by atoms with E-state index in [0.29, 0.717) is 32.5 Å². The number of rotatable bonds is 4. The summed E-state index contributed by atoms with van der Waals surface area (Å²) in [4.78, 5) is 25.4. The summed E-state index contributed by atoms with van der Waals surface area (Å²) in [6, 6.07) is 6.00. The minimum Gasteiger partial charge on any atom is -0.299 e. The molecular weight excluding hydrogens is 245 g/mol. The fourth-order valence-electron chi connectivity index (χ4n) is 2.37. The van der Waals surface area contributed by atoms with Crippen LogP contribution in [0.2, 0.25) is 0 Å². The van der Waals surface area contributed by atoms with E-state index in [4.69, 9.17) is 0 Å². The summed E-state index contributed by atoms with van der Waals surface area (Å²) < 4.78 is 12.8. The summed E-state index contributed by atoms with van der Waals surface area (Å²) in [6.45, 7) is 3.60. The van der Waals surface area contributed by atoms with Crippen LogP contribution in [0.3, 0.4) is 0 Å². The average molecular weight is 263 g/mol. The summed E-state index contributed by atoms with van der Waals surface area (Å²) in [5, 5.41) is 0. The molecule has 1 aromatic carbocycles. The van der Waals surface area contributed by atoms with Gasteiger partial charge in [0.1, 0.15) is 11.6 Å². The van der Waals surface area contributed by atoms with Gasteiger partial charge in [0.2, 0.25) is 0 Å². The lowest BCUT2D eigenvalue weighted by atomic mass is 9.98. The zero-order chi connectivity index (χ0) is 13.8. The minimum atomic E-state index is -0.292. The topological polar surface area (TPSA) is 37.4 Å². The van der Waals surface area contributed by atoms with Crippen LogP contribution in [-0.2, 0) is 16.0 Å². The van der Waals surface area contributed by atoms with Crippen molar-refractivity contribution in [3.8, 4) is 0 Å². The zero-order valence-corrected chi connectivity index (χ0v) is 11.1. The highest BCUT2D eigenvalue weighted by molar-refractivity contribution is 5.84. The number of nitrogens with zero attached hydrogens (tertiary/aromatic N) is 1. The quantitative estimate of drug-likeness (QED) is 0.832. The van der Waals surface area contributed by atoms with Crippen LogP contribution in [0.15, 0.2) is 24.3 Å². The van der Waals surface area contributed by atoms with Gasteiger partial charge in [0.25, 0.3) is 0 Å². The van der Waals surface area contributed by atoms with E-state index in [2.05, 4.69) is 0 Å². The predicted octanol–water partition coefficient (Wildman–Crippen LogP) is 1.85. The SMILES string of the molecule is CC1CN(CC(=O)Cc2ccc(F)cc2)CCC1=O. The van der Waals surface area contributed by atoms with Crippen LogP contribution in [0.5, 0.6) is 0 Å². The first kappa shape index (κ1) is 13.9. The Hall–Kier alpha value is -1.55. The Kier molecular flexibility index (Phi) is 4.43. The van der Waals surface area contributed by atoms with E-state index in [1.54, 1.807) is 12.1 Å². The van der Waals surface area contributed by atoms with Crippen LogP contribution in [-0.4, -0.2) is 36.1 Å². The Balaban J connectivity index is 1.84. The summed E-state index contributed by atoms with van der Waals surface area (Å²) in [7, 11) is 0. The molecule has 102 valence electrons. The fraction of sp³-hybridized carbons (Fsp3) is 0.467. The maximum Gasteiger partial charge on any atom is 0.151 e. The number of hydrogen-bond donors (Lipinski definition) is 0. The van der Waals surface area contributed by atoms with Gasteiger partial charge in [0.15, 0.2) is 5.78 Å². The van der Waals surface area contributed by atoms with Crippen LogP contribution < -0.4 is 0 Å². The number of Topliss-reactive ketones (excluding diaryl/α,β-unsaturated/α-hetero) is 2. The third-order valence-electron chi connectivity index (χ3n) is 3.47. The molecule has 0 aliphatic carbocycles. The van der Waals surface area contributed by atoms with E-state index in [-0.39, 0.29) is 23.3 Å². The van der Waals surface area contributed by atoms with Crippen molar-refractivity contribution in [2.75, 3.05) is 19.6 Å². The number of carbonyl (C=O) groups is 2. The first-order chi connectivity index (χ1) is 9.04. The summed E-state index contributed by atoms with van der Waals surface area (Å²) in [6.07, 6.45) is 0.851. The number of carbonyl (C=O) groups excluding carboxylic acids is 2. The molecule has 1 unspecified atom stereocenters. The van der Waals surface area contributed by atoms with Gasteiger partial charge >= 0.3 is 0 Å². The Morgan fingerprint density at radius 1 is 1.37 bits per heavy atom. The number of piperidine rings is 1. The molecule has 0 N–H and O–H groups in total. The first-order valence-corrected chi connectivity index (χ1v) is 6.56. The number of benzene rings is 1. The normalized spacial score (nSPS) is 20.5. The van der Waals surface area contributed by atoms with E-state index in [9.17, 15) is 14.0 Å². The molecule has 1 atom stereocenters. The smallest absolute Gasteiger partial charge is 0.151 e. The number of hydrogen-bond acceptors (Lipinski definition) is 3. The zero-order valence-electron chi connectivity index (χ0n) is 11.1. The molecule has 19 heavy (non-hydrogen) atoms. The van der Waals surface area contributed by atoms with Gasteiger partial charge < -0.3 is 0 Å². The molecular formula is C15H18FNO2. The van der Waals surface area contributed by atoms with Gasteiger partial charge in [-0.05, 0) is 17.7 Å². The first-order valence-electron chi connectivity index (χ1n) is 6.56. The summed E-state index contributed by atoms with van der Waals surface area (Å²) in [5.74, 6) is 0.113. The molecule has 0 aromatic heterocycles. The molecule has 1 fully saturated rings. The fourth-order valence-corrected chi connectivity index (χ4v) is 2.37. The van der Waals surface area contributed by atoms with Crippen molar-refractivity contribution in [1.82, 2.24) is 4.90 Å². The molecule has 1 aromatic rings. The van der Waals surface area contributed by atoms with Crippen molar-refractivity contribution >= 4 is 11.6 Å². The predicted molar refractivity (Wildman–Crippen MR) is 70.3 cm³/mol. The molecule has 0 bridgehead atoms. The van der Waals surface area contributed by atoms with E-state index < -0.39 is 0 Å². The molecule has 0 radical (unpaired) electrons. The second-order valence-electron chi connectivity index (χ2n) is 5.19. The molecule has 1 heterocycles. The van der Waals surface area contributed by atoms with Gasteiger partial charge in [-0.3, -0.25) is 14.5 Å². The van der Waals surface area contributed by atoms with E-state index in [0.717, 1.165) is 5.56 Å². The van der Waals surface area contributed by atoms with Crippen molar-refractivity contribution in [3.63, 3.8) is 0 Å². The number of likely N-dealkylation sites (tertiary alicyclic amines) is 1. The molecule has 1 aliphatic rings. The highest BCUT2D eigenvalue weighted by atomic mass is 19.1. The monoisotopic (exact) mass is 263 g/mol. The summed E-state index contributed by atoms with van der Waals surface area (Å²) in [5.41, 5.74) is 0.826. The van der Waals surface area contributed by atoms with Gasteiger partial charge in [-0.15, -0.1) is 0 Å². The lowest BCUT2D eigenvalue weighted by Crippen LogP contribution is -2.42.